The van der Waals surface area contributed by atoms with Gasteiger partial charge < -0.3 is 0 Å². The lowest BCUT2D eigenvalue weighted by atomic mass is 9.94. The van der Waals surface area contributed by atoms with Gasteiger partial charge in [-0.3, -0.25) is 9.63 Å². The lowest BCUT2D eigenvalue weighted by Gasteiger charge is -2.20. The minimum atomic E-state index is -0.252. The Hall–Kier alpha value is -3.27. The van der Waals surface area contributed by atoms with E-state index in [9.17, 15) is 4.79 Å². The molecule has 0 aromatic heterocycles. The minimum absolute atomic E-state index is 0.0827. The van der Waals surface area contributed by atoms with Crippen molar-refractivity contribution in [2.24, 2.45) is 0 Å². The molecule has 4 aromatic rings. The molecular formula is C26H23NO2. The van der Waals surface area contributed by atoms with Gasteiger partial charge in [0.2, 0.25) is 0 Å². The van der Waals surface area contributed by atoms with Gasteiger partial charge in [0.1, 0.15) is 0 Å². The fourth-order valence-electron chi connectivity index (χ4n) is 3.50. The van der Waals surface area contributed by atoms with Crippen LogP contribution < -0.4 is 5.48 Å². The van der Waals surface area contributed by atoms with Gasteiger partial charge in [-0.15, -0.1) is 0 Å². The van der Waals surface area contributed by atoms with Gasteiger partial charge in [-0.05, 0) is 21.9 Å². The van der Waals surface area contributed by atoms with Gasteiger partial charge in [0.15, 0.2) is 5.78 Å². The van der Waals surface area contributed by atoms with Crippen LogP contribution in [0.1, 0.15) is 33.9 Å². The average molecular weight is 381 g/mol. The van der Waals surface area contributed by atoms with Crippen LogP contribution >= 0.6 is 0 Å². The third kappa shape index (κ3) is 4.77. The summed E-state index contributed by atoms with van der Waals surface area (Å²) in [6, 6.07) is 33.5. The zero-order valence-electron chi connectivity index (χ0n) is 16.1. The lowest BCUT2D eigenvalue weighted by Crippen LogP contribution is -2.24. The Morgan fingerprint density at radius 3 is 2.21 bits per heavy atom. The van der Waals surface area contributed by atoms with Crippen molar-refractivity contribution >= 4 is 16.6 Å². The molecular weight excluding hydrogens is 358 g/mol. The molecule has 0 saturated carbocycles. The molecule has 0 aliphatic carbocycles. The highest BCUT2D eigenvalue weighted by Gasteiger charge is 2.19. The van der Waals surface area contributed by atoms with Crippen LogP contribution in [0, 0.1) is 0 Å². The largest absolute Gasteiger partial charge is 0.296 e. The first-order chi connectivity index (χ1) is 14.3. The maximum absolute atomic E-state index is 12.9. The number of hydroxylamine groups is 1. The van der Waals surface area contributed by atoms with Crippen LogP contribution in [0.3, 0.4) is 0 Å². The van der Waals surface area contributed by atoms with E-state index in [2.05, 4.69) is 29.7 Å². The number of rotatable bonds is 8. The van der Waals surface area contributed by atoms with Crippen molar-refractivity contribution in [1.29, 1.82) is 0 Å². The number of Topliss-reactive ketones (excluding diaryl/α,β-unsaturated/α-hetero) is 1. The molecule has 0 unspecified atom stereocenters. The predicted octanol–water partition coefficient (Wildman–Crippen LogP) is 5.88. The summed E-state index contributed by atoms with van der Waals surface area (Å²) in [5.74, 6) is 0.0827. The quantitative estimate of drug-likeness (QED) is 0.306. The van der Waals surface area contributed by atoms with Crippen LogP contribution in [0.25, 0.3) is 10.8 Å². The summed E-state index contributed by atoms with van der Waals surface area (Å²) >= 11 is 0. The van der Waals surface area contributed by atoms with E-state index >= 15 is 0 Å². The molecule has 0 aliphatic rings. The Bertz CT molecular complexity index is 1070. The summed E-state index contributed by atoms with van der Waals surface area (Å²) in [7, 11) is 0. The molecule has 4 aromatic carbocycles. The van der Waals surface area contributed by atoms with E-state index < -0.39 is 0 Å². The van der Waals surface area contributed by atoms with Crippen LogP contribution in [0.5, 0.6) is 0 Å². The Morgan fingerprint density at radius 2 is 1.41 bits per heavy atom. The van der Waals surface area contributed by atoms with Crippen LogP contribution in [0.2, 0.25) is 0 Å². The highest BCUT2D eigenvalue weighted by molar-refractivity contribution is 5.97. The summed E-state index contributed by atoms with van der Waals surface area (Å²) in [5, 5.41) is 2.27. The molecule has 0 amide bonds. The number of hydrogen-bond donors (Lipinski definition) is 1. The van der Waals surface area contributed by atoms with E-state index in [-0.39, 0.29) is 11.8 Å². The van der Waals surface area contributed by atoms with E-state index in [1.807, 2.05) is 78.9 Å². The minimum Gasteiger partial charge on any atom is -0.296 e. The van der Waals surface area contributed by atoms with Crippen molar-refractivity contribution in [3.8, 4) is 0 Å². The maximum Gasteiger partial charge on any atom is 0.164 e. The second-order valence-corrected chi connectivity index (χ2v) is 7.01. The summed E-state index contributed by atoms with van der Waals surface area (Å²) in [6.07, 6.45) is 0.312. The molecule has 29 heavy (non-hydrogen) atoms. The molecule has 1 atom stereocenters. The standard InChI is InChI=1S/C26H23NO2/c28-26(22-13-5-2-6-14-22)18-25(27-29-19-20-10-3-1-4-11-20)24-17-9-15-21-12-7-8-16-23(21)24/h1-17,25,27H,18-19H2/t25-/m1/s1. The van der Waals surface area contributed by atoms with E-state index in [0.29, 0.717) is 18.6 Å². The second kappa shape index (κ2) is 9.28. The first-order valence-corrected chi connectivity index (χ1v) is 9.78. The summed E-state index contributed by atoms with van der Waals surface area (Å²) in [4.78, 5) is 18.7. The van der Waals surface area contributed by atoms with Crippen LogP contribution in [-0.2, 0) is 11.4 Å². The topological polar surface area (TPSA) is 38.3 Å². The van der Waals surface area contributed by atoms with E-state index in [0.717, 1.165) is 21.9 Å². The van der Waals surface area contributed by atoms with Crippen molar-refractivity contribution in [1.82, 2.24) is 5.48 Å². The van der Waals surface area contributed by atoms with Gasteiger partial charge in [0.25, 0.3) is 0 Å². The number of nitrogens with one attached hydrogen (secondary N) is 1. The van der Waals surface area contributed by atoms with E-state index in [1.54, 1.807) is 0 Å². The van der Waals surface area contributed by atoms with Crippen molar-refractivity contribution in [3.63, 3.8) is 0 Å². The highest BCUT2D eigenvalue weighted by atomic mass is 16.6. The van der Waals surface area contributed by atoms with Crippen molar-refractivity contribution < 1.29 is 9.63 Å². The zero-order valence-corrected chi connectivity index (χ0v) is 16.1. The number of carbonyl (C=O) groups is 1. The van der Waals surface area contributed by atoms with Gasteiger partial charge in [0.05, 0.1) is 12.6 Å². The third-order valence-electron chi connectivity index (χ3n) is 4.99. The fourth-order valence-corrected chi connectivity index (χ4v) is 3.50. The van der Waals surface area contributed by atoms with E-state index in [1.165, 1.54) is 0 Å². The van der Waals surface area contributed by atoms with Crippen molar-refractivity contribution in [2.75, 3.05) is 0 Å². The predicted molar refractivity (Wildman–Crippen MR) is 116 cm³/mol. The monoisotopic (exact) mass is 381 g/mol. The molecule has 0 fully saturated rings. The molecule has 0 aliphatic heterocycles. The van der Waals surface area contributed by atoms with Crippen molar-refractivity contribution in [2.45, 2.75) is 19.1 Å². The molecule has 3 nitrogen and oxygen atoms in total. The normalized spacial score (nSPS) is 12.0. The molecule has 144 valence electrons. The van der Waals surface area contributed by atoms with Gasteiger partial charge in [-0.2, -0.15) is 5.48 Å². The molecule has 0 bridgehead atoms. The van der Waals surface area contributed by atoms with Crippen LogP contribution in [-0.4, -0.2) is 5.78 Å². The molecule has 0 saturated heterocycles. The Labute approximate surface area is 170 Å². The number of fused-ring (bicyclic) bond motifs is 1. The SMILES string of the molecule is O=C(C[C@@H](NOCc1ccccc1)c1cccc2ccccc12)c1ccccc1. The zero-order chi connectivity index (χ0) is 19.9. The Kier molecular flexibility index (Phi) is 6.10. The number of hydrogen-bond acceptors (Lipinski definition) is 3. The van der Waals surface area contributed by atoms with Crippen molar-refractivity contribution in [3.05, 3.63) is 120 Å². The molecule has 1 N–H and O–H groups in total. The van der Waals surface area contributed by atoms with E-state index in [4.69, 9.17) is 4.84 Å². The fraction of sp³-hybridized carbons (Fsp3) is 0.115. The van der Waals surface area contributed by atoms with Crippen LogP contribution in [0.15, 0.2) is 103 Å². The first kappa shape index (κ1) is 19.1. The number of benzene rings is 4. The van der Waals surface area contributed by atoms with Gasteiger partial charge in [0, 0.05) is 12.0 Å². The average Bonchev–Trinajstić information content (AvgIpc) is 2.79. The Morgan fingerprint density at radius 1 is 0.759 bits per heavy atom. The highest BCUT2D eigenvalue weighted by Crippen LogP contribution is 2.27. The maximum atomic E-state index is 12.9. The molecule has 0 heterocycles. The molecule has 3 heteroatoms. The van der Waals surface area contributed by atoms with Gasteiger partial charge >= 0.3 is 0 Å². The molecule has 0 spiro atoms. The second-order valence-electron chi connectivity index (χ2n) is 7.01. The smallest absolute Gasteiger partial charge is 0.164 e. The van der Waals surface area contributed by atoms with Crippen LogP contribution in [0.4, 0.5) is 0 Å². The van der Waals surface area contributed by atoms with Gasteiger partial charge in [-0.25, -0.2) is 0 Å². The summed E-state index contributed by atoms with van der Waals surface area (Å²) in [6.45, 7) is 0.432. The number of carbonyl (C=O) groups excluding carboxylic acids is 1. The van der Waals surface area contributed by atoms with Gasteiger partial charge in [-0.1, -0.05) is 103 Å². The summed E-state index contributed by atoms with van der Waals surface area (Å²) < 4.78 is 0. The summed E-state index contributed by atoms with van der Waals surface area (Å²) in [5.41, 5.74) is 6.00. The Balaban J connectivity index is 1.58. The molecule has 0 radical (unpaired) electrons. The molecule has 4 rings (SSSR count). The number of ketones is 1. The lowest BCUT2D eigenvalue weighted by molar-refractivity contribution is 0.00206. The first-order valence-electron chi connectivity index (χ1n) is 9.78. The third-order valence-corrected chi connectivity index (χ3v) is 4.99.